The molecule has 0 aromatic heterocycles. The van der Waals surface area contributed by atoms with Gasteiger partial charge in [-0.2, -0.15) is 0 Å². The molecule has 0 aliphatic heterocycles. The molecule has 0 radical (unpaired) electrons. The number of hydrogen-bond donors (Lipinski definition) is 0. The van der Waals surface area contributed by atoms with Gasteiger partial charge in [-0.15, -0.1) is 0 Å². The second-order valence-electron chi connectivity index (χ2n) is 0.282. The van der Waals surface area contributed by atoms with Crippen LogP contribution in [-0.4, -0.2) is 7.94 Å². The van der Waals surface area contributed by atoms with Crippen molar-refractivity contribution in [2.45, 2.75) is 0 Å². The molecular weight excluding hydrogens is 106 g/mol. The first-order valence-electron chi connectivity index (χ1n) is 1.28. The van der Waals surface area contributed by atoms with Crippen LogP contribution in [0.4, 0.5) is 0 Å². The Kier molecular flexibility index (Phi) is 3.11. The predicted octanol–water partition coefficient (Wildman–Crippen LogP) is 1.62. The Morgan fingerprint density at radius 1 is 2.50 bits per heavy atom. The van der Waals surface area contributed by atoms with Gasteiger partial charge >= 0.3 is 0 Å². The van der Waals surface area contributed by atoms with Crippen LogP contribution >= 0.6 is 15.3 Å². The molecule has 1 atom stereocenters. The van der Waals surface area contributed by atoms with Gasteiger partial charge < -0.3 is 0 Å². The van der Waals surface area contributed by atoms with E-state index >= 15 is 0 Å². The lowest BCUT2D eigenvalue weighted by atomic mass is 12.0. The summed E-state index contributed by atoms with van der Waals surface area (Å²) in [6, 6.07) is 0. The molecule has 0 aromatic rings. The van der Waals surface area contributed by atoms with Gasteiger partial charge in [-0.3, -0.25) is 0 Å². The van der Waals surface area contributed by atoms with Crippen molar-refractivity contribution >= 4 is 27.1 Å². The maximum atomic E-state index is 6.77. The lowest BCUT2D eigenvalue weighted by Crippen LogP contribution is -1.04. The minimum atomic E-state index is -0.561. The fraction of sp³-hybridized carbons (Fsp3) is 1.00. The van der Waals surface area contributed by atoms with Gasteiger partial charge in [0.25, 0.3) is 0 Å². The largest absolute Gasteiger partial charge is 0.0679 e. The Bertz CT molecular complexity index is 36.6. The maximum absolute atomic E-state index is 6.77. The Hall–Kier alpha value is 0.950. The van der Waals surface area contributed by atoms with Crippen LogP contribution in [0, 0.1) is 0 Å². The maximum Gasteiger partial charge on any atom is 0.0679 e. The summed E-state index contributed by atoms with van der Waals surface area (Å²) in [5.41, 5.74) is 0. The van der Waals surface area contributed by atoms with Crippen molar-refractivity contribution in [3.05, 3.63) is 0 Å². The molecule has 0 N–H and O–H groups in total. The van der Waals surface area contributed by atoms with E-state index in [0.29, 0.717) is 0 Å². The molecule has 24 valence electrons. The van der Waals surface area contributed by atoms with Crippen molar-refractivity contribution < 1.29 is 0 Å². The molecule has 0 aromatic carbocycles. The van der Waals surface area contributed by atoms with Gasteiger partial charge in [0.1, 0.15) is 0 Å². The Balaban J connectivity index is 2.83. The summed E-state index contributed by atoms with van der Waals surface area (Å²) in [6.45, 7) is 1.84. The first kappa shape index (κ1) is 3.15. The minimum Gasteiger partial charge on any atom is -0.0589 e. The molecule has 4 heavy (non-hydrogen) atoms. The highest BCUT2D eigenvalue weighted by atomic mass is 32.6. The molecule has 0 amide bonds. The normalized spacial score (nSPS) is 19.8. The highest BCUT2D eigenvalue weighted by Gasteiger charge is 1.47. The van der Waals surface area contributed by atoms with Crippen LogP contribution in [-0.2, 0) is 11.8 Å². The molecule has 0 rings (SSSR count). The highest BCUT2D eigenvalue weighted by molar-refractivity contribution is 8.30. The van der Waals surface area contributed by atoms with Crippen molar-refractivity contribution in [2.75, 3.05) is 6.66 Å². The molecule has 3 heteroatoms. The third-order valence-electron chi connectivity index (χ3n) is 0.0816. The molecule has 0 nitrogen and oxygen atoms in total. The number of rotatable bonds is 1. The van der Waals surface area contributed by atoms with Gasteiger partial charge in [0, 0.05) is 0 Å². The Labute approximate surface area is 35.8 Å². The summed E-state index contributed by atoms with van der Waals surface area (Å²) < 4.78 is 6.77. The second kappa shape index (κ2) is 3.95. The summed E-state index contributed by atoms with van der Waals surface area (Å²) >= 11 is 4.49. The van der Waals surface area contributed by atoms with E-state index in [4.69, 9.17) is 1.28 Å². The number of hydrogen-bond acceptors (Lipinski definition) is 1. The fourth-order valence-electron chi connectivity index (χ4n) is 0. The van der Waals surface area contributed by atoms with Gasteiger partial charge in [0.15, 0.2) is 0 Å². The van der Waals surface area contributed by atoms with Gasteiger partial charge in [0.2, 0.25) is 0 Å². The summed E-state index contributed by atoms with van der Waals surface area (Å²) in [5.74, 6) is 0. The molecule has 0 aliphatic rings. The molecule has 0 fully saturated rings. The van der Waals surface area contributed by atoms with E-state index in [1.165, 1.54) is 0 Å². The monoisotopic (exact) mass is 111 g/mol. The third-order valence-corrected chi connectivity index (χ3v) is 2.20. The zero-order chi connectivity index (χ0) is 4.28. The fourth-order valence-corrected chi connectivity index (χ4v) is 0. The molecular formula is CH4P2S. The molecule has 0 saturated carbocycles. The quantitative estimate of drug-likeness (QED) is 0.463. The van der Waals surface area contributed by atoms with Gasteiger partial charge in [-0.1, -0.05) is 20.0 Å². The van der Waals surface area contributed by atoms with Crippen molar-refractivity contribution in [1.82, 2.24) is 0 Å². The first-order valence-corrected chi connectivity index (χ1v) is 4.78. The highest BCUT2D eigenvalue weighted by Crippen LogP contribution is 2.19. The average Bonchev–Trinajstić information content (AvgIpc) is 1.38. The topological polar surface area (TPSA) is 0 Å². The Morgan fingerprint density at radius 2 is 2.75 bits per heavy atom. The SMILES string of the molecule is [2H]P(C)P=S. The van der Waals surface area contributed by atoms with Crippen LogP contribution in [0.2, 0.25) is 0 Å². The molecule has 1 unspecified atom stereocenters. The van der Waals surface area contributed by atoms with E-state index in [2.05, 4.69) is 11.8 Å². The molecule has 0 saturated heterocycles. The predicted molar refractivity (Wildman–Crippen MR) is 28.5 cm³/mol. The van der Waals surface area contributed by atoms with Crippen molar-refractivity contribution in [3.8, 4) is 0 Å². The van der Waals surface area contributed by atoms with Gasteiger partial charge in [-0.25, -0.2) is 0 Å². The molecule has 0 heterocycles. The van der Waals surface area contributed by atoms with E-state index in [-0.39, 0.29) is 0 Å². The van der Waals surface area contributed by atoms with E-state index < -0.39 is 8.21 Å². The van der Waals surface area contributed by atoms with E-state index in [1.54, 1.807) is 0 Å². The van der Waals surface area contributed by atoms with E-state index in [9.17, 15) is 0 Å². The second-order valence-corrected chi connectivity index (χ2v) is 4.00. The lowest BCUT2D eigenvalue weighted by Gasteiger charge is -1.55. The Morgan fingerprint density at radius 3 is 2.75 bits per heavy atom. The third kappa shape index (κ3) is 2.95. The van der Waals surface area contributed by atoms with Crippen molar-refractivity contribution in [1.29, 1.82) is 1.28 Å². The summed E-state index contributed by atoms with van der Waals surface area (Å²) in [5, 5.41) is 0. The summed E-state index contributed by atoms with van der Waals surface area (Å²) in [4.78, 5) is 0. The van der Waals surface area contributed by atoms with Crippen LogP contribution in [0.15, 0.2) is 0 Å². The molecule has 0 spiro atoms. The smallest absolute Gasteiger partial charge is 0.0589 e. The van der Waals surface area contributed by atoms with Crippen molar-refractivity contribution in [3.63, 3.8) is 0 Å². The van der Waals surface area contributed by atoms with E-state index in [1.807, 2.05) is 6.66 Å². The standard InChI is InChI=1S/CH4P2S/c1-2-3-4/h2H,1H3/i2D. The molecule has 0 bridgehead atoms. The van der Waals surface area contributed by atoms with E-state index in [0.717, 1.165) is 7.04 Å². The van der Waals surface area contributed by atoms with Gasteiger partial charge in [0.05, 0.1) is 1.28 Å². The first-order chi connectivity index (χ1) is 2.27. The molecule has 0 aliphatic carbocycles. The van der Waals surface area contributed by atoms with Crippen LogP contribution < -0.4 is 0 Å². The van der Waals surface area contributed by atoms with Crippen LogP contribution in [0.1, 0.15) is 0 Å². The zero-order valence-corrected chi connectivity index (χ0v) is 4.91. The van der Waals surface area contributed by atoms with Crippen LogP contribution in [0.25, 0.3) is 0 Å². The summed E-state index contributed by atoms with van der Waals surface area (Å²) in [6.07, 6.45) is 0. The van der Waals surface area contributed by atoms with Crippen LogP contribution in [0.3, 0.4) is 0 Å². The summed E-state index contributed by atoms with van der Waals surface area (Å²) in [7, 11) is 0.251. The minimum absolute atomic E-state index is 0.561. The van der Waals surface area contributed by atoms with Gasteiger partial charge in [-0.05, 0) is 13.7 Å². The zero-order valence-electron chi connectivity index (χ0n) is 3.30. The van der Waals surface area contributed by atoms with Crippen molar-refractivity contribution in [2.24, 2.45) is 0 Å². The lowest BCUT2D eigenvalue weighted by molar-refractivity contribution is 2.51. The van der Waals surface area contributed by atoms with Crippen LogP contribution in [0.5, 0.6) is 0 Å². The average molecular weight is 111 g/mol.